The van der Waals surface area contributed by atoms with Crippen LogP contribution in [0, 0.1) is 18.3 Å². The minimum absolute atomic E-state index is 0.192. The zero-order chi connectivity index (χ0) is 24.7. The maximum Gasteiger partial charge on any atom is 0.242 e. The van der Waals surface area contributed by atoms with Crippen LogP contribution < -0.4 is 14.8 Å². The van der Waals surface area contributed by atoms with Crippen LogP contribution in [0.25, 0.3) is 10.9 Å². The van der Waals surface area contributed by atoms with E-state index in [1.165, 1.54) is 6.20 Å². The molecule has 0 radical (unpaired) electrons. The molecule has 4 aromatic rings. The lowest BCUT2D eigenvalue weighted by Gasteiger charge is -2.26. The Hall–Kier alpha value is -4.13. The van der Waals surface area contributed by atoms with Gasteiger partial charge in [0.2, 0.25) is 11.8 Å². The summed E-state index contributed by atoms with van der Waals surface area (Å²) in [5, 5.41) is 13.7. The number of morpholine rings is 1. The predicted molar refractivity (Wildman–Crippen MR) is 137 cm³/mol. The molecule has 184 valence electrons. The summed E-state index contributed by atoms with van der Waals surface area (Å²) in [5.41, 5.74) is 3.12. The van der Waals surface area contributed by atoms with Crippen molar-refractivity contribution in [2.75, 3.05) is 44.8 Å². The number of nitrogens with zero attached hydrogens (tertiary/aromatic N) is 4. The smallest absolute Gasteiger partial charge is 0.242 e. The van der Waals surface area contributed by atoms with Gasteiger partial charge in [0.25, 0.3) is 0 Å². The quantitative estimate of drug-likeness (QED) is 0.327. The standard InChI is InChI=1S/C27H28N6O3/c1-19-14-20-15-24(6-7-25(20)30-19)36-26-21(17-28)18-29-27(32-26)31-22-4-2-5-23(16-22)35-11-3-8-33-9-12-34-13-10-33/h2,4-7,14-16,18,30H,3,8-13H2,1H3,(H,29,31,32). The molecule has 9 nitrogen and oxygen atoms in total. The zero-order valence-corrected chi connectivity index (χ0v) is 20.2. The molecule has 0 unspecified atom stereocenters. The van der Waals surface area contributed by atoms with Crippen LogP contribution in [0.1, 0.15) is 17.7 Å². The van der Waals surface area contributed by atoms with Crippen molar-refractivity contribution >= 4 is 22.5 Å². The molecule has 2 N–H and O–H groups in total. The van der Waals surface area contributed by atoms with Crippen LogP contribution in [0.15, 0.2) is 54.7 Å². The summed E-state index contributed by atoms with van der Waals surface area (Å²) in [6.45, 7) is 7.21. The van der Waals surface area contributed by atoms with Gasteiger partial charge in [-0.25, -0.2) is 4.98 Å². The molecule has 1 aliphatic rings. The van der Waals surface area contributed by atoms with Crippen LogP contribution in [0.5, 0.6) is 17.4 Å². The molecule has 2 aromatic heterocycles. The van der Waals surface area contributed by atoms with Crippen molar-refractivity contribution in [2.45, 2.75) is 13.3 Å². The number of aryl methyl sites for hydroxylation is 1. The minimum Gasteiger partial charge on any atom is -0.493 e. The van der Waals surface area contributed by atoms with Crippen molar-refractivity contribution in [1.29, 1.82) is 5.26 Å². The molecule has 1 aliphatic heterocycles. The topological polar surface area (TPSA) is 108 Å². The van der Waals surface area contributed by atoms with Gasteiger partial charge in [0.05, 0.1) is 26.0 Å². The number of anilines is 2. The Bertz CT molecular complexity index is 1370. The highest BCUT2D eigenvalue weighted by molar-refractivity contribution is 5.82. The summed E-state index contributed by atoms with van der Waals surface area (Å²) in [7, 11) is 0. The third kappa shape index (κ3) is 5.92. The summed E-state index contributed by atoms with van der Waals surface area (Å²) in [5.74, 6) is 1.88. The van der Waals surface area contributed by atoms with Gasteiger partial charge in [-0.3, -0.25) is 4.90 Å². The van der Waals surface area contributed by atoms with Crippen molar-refractivity contribution in [3.63, 3.8) is 0 Å². The second-order valence-electron chi connectivity index (χ2n) is 8.64. The predicted octanol–water partition coefficient (Wildman–Crippen LogP) is 4.78. The maximum absolute atomic E-state index is 9.51. The largest absolute Gasteiger partial charge is 0.493 e. The molecule has 0 atom stereocenters. The Morgan fingerprint density at radius 3 is 2.89 bits per heavy atom. The molecular weight excluding hydrogens is 456 g/mol. The minimum atomic E-state index is 0.192. The van der Waals surface area contributed by atoms with E-state index < -0.39 is 0 Å². The van der Waals surface area contributed by atoms with Crippen LogP contribution in [-0.4, -0.2) is 59.3 Å². The lowest BCUT2D eigenvalue weighted by molar-refractivity contribution is 0.0358. The molecule has 2 aromatic carbocycles. The molecule has 1 saturated heterocycles. The summed E-state index contributed by atoms with van der Waals surface area (Å²) < 4.78 is 17.3. The van der Waals surface area contributed by atoms with Crippen LogP contribution in [0.3, 0.4) is 0 Å². The van der Waals surface area contributed by atoms with Crippen LogP contribution in [0.4, 0.5) is 11.6 Å². The van der Waals surface area contributed by atoms with Gasteiger partial charge in [-0.2, -0.15) is 10.2 Å². The first-order chi connectivity index (χ1) is 17.7. The fraction of sp³-hybridized carbons (Fsp3) is 0.296. The van der Waals surface area contributed by atoms with Crippen LogP contribution in [0.2, 0.25) is 0 Å². The molecule has 0 saturated carbocycles. The SMILES string of the molecule is Cc1cc2cc(Oc3nc(Nc4cccc(OCCCN5CCOCC5)c4)ncc3C#N)ccc2[nH]1. The van der Waals surface area contributed by atoms with Crippen molar-refractivity contribution < 1.29 is 14.2 Å². The van der Waals surface area contributed by atoms with Crippen molar-refractivity contribution in [3.05, 3.63) is 66.0 Å². The lowest BCUT2D eigenvalue weighted by atomic mass is 10.2. The van der Waals surface area contributed by atoms with Gasteiger partial charge in [-0.15, -0.1) is 0 Å². The normalized spacial score (nSPS) is 13.9. The Morgan fingerprint density at radius 1 is 1.14 bits per heavy atom. The van der Waals surface area contributed by atoms with E-state index in [1.807, 2.05) is 55.5 Å². The van der Waals surface area contributed by atoms with Gasteiger partial charge in [0.15, 0.2) is 0 Å². The van der Waals surface area contributed by atoms with Crippen LogP contribution in [-0.2, 0) is 4.74 Å². The van der Waals surface area contributed by atoms with E-state index in [2.05, 4.69) is 31.2 Å². The fourth-order valence-corrected chi connectivity index (χ4v) is 4.11. The van der Waals surface area contributed by atoms with Gasteiger partial charge < -0.3 is 24.5 Å². The number of hydrogen-bond acceptors (Lipinski definition) is 8. The number of ether oxygens (including phenoxy) is 3. The van der Waals surface area contributed by atoms with Crippen molar-refractivity contribution in [3.8, 4) is 23.4 Å². The molecule has 0 spiro atoms. The van der Waals surface area contributed by atoms with E-state index in [-0.39, 0.29) is 11.4 Å². The summed E-state index contributed by atoms with van der Waals surface area (Å²) in [6, 6.07) is 17.5. The Labute approximate surface area is 209 Å². The van der Waals surface area contributed by atoms with Gasteiger partial charge in [-0.1, -0.05) is 6.07 Å². The lowest BCUT2D eigenvalue weighted by Crippen LogP contribution is -2.37. The van der Waals surface area contributed by atoms with Crippen LogP contribution >= 0.6 is 0 Å². The number of aromatic amines is 1. The third-order valence-electron chi connectivity index (χ3n) is 5.90. The number of nitriles is 1. The number of H-pyrrole nitrogens is 1. The van der Waals surface area contributed by atoms with Gasteiger partial charge in [0.1, 0.15) is 23.1 Å². The first-order valence-electron chi connectivity index (χ1n) is 12.0. The summed E-state index contributed by atoms with van der Waals surface area (Å²) in [4.78, 5) is 14.4. The van der Waals surface area contributed by atoms with E-state index in [1.54, 1.807) is 0 Å². The molecule has 3 heterocycles. The average Bonchev–Trinajstić information content (AvgIpc) is 3.27. The molecule has 36 heavy (non-hydrogen) atoms. The molecular formula is C27H28N6O3. The number of aromatic nitrogens is 3. The maximum atomic E-state index is 9.51. The summed E-state index contributed by atoms with van der Waals surface area (Å²) >= 11 is 0. The van der Waals surface area contributed by atoms with E-state index in [4.69, 9.17) is 14.2 Å². The zero-order valence-electron chi connectivity index (χ0n) is 20.2. The second-order valence-corrected chi connectivity index (χ2v) is 8.64. The van der Waals surface area contributed by atoms with E-state index in [0.717, 1.165) is 67.3 Å². The Kier molecular flexibility index (Phi) is 7.26. The van der Waals surface area contributed by atoms with Gasteiger partial charge in [0, 0.05) is 48.0 Å². The van der Waals surface area contributed by atoms with E-state index in [9.17, 15) is 5.26 Å². The third-order valence-corrected chi connectivity index (χ3v) is 5.90. The van der Waals surface area contributed by atoms with Crippen molar-refractivity contribution in [2.24, 2.45) is 0 Å². The van der Waals surface area contributed by atoms with Gasteiger partial charge >= 0.3 is 0 Å². The highest BCUT2D eigenvalue weighted by atomic mass is 16.5. The van der Waals surface area contributed by atoms with E-state index in [0.29, 0.717) is 18.3 Å². The average molecular weight is 485 g/mol. The molecule has 0 amide bonds. The molecule has 1 fully saturated rings. The molecule has 9 heteroatoms. The number of benzene rings is 2. The van der Waals surface area contributed by atoms with E-state index >= 15 is 0 Å². The van der Waals surface area contributed by atoms with Crippen molar-refractivity contribution in [1.82, 2.24) is 19.9 Å². The Morgan fingerprint density at radius 2 is 2.03 bits per heavy atom. The first kappa shape index (κ1) is 23.6. The first-order valence-corrected chi connectivity index (χ1v) is 12.0. The molecule has 0 bridgehead atoms. The number of hydrogen-bond donors (Lipinski definition) is 2. The fourth-order valence-electron chi connectivity index (χ4n) is 4.11. The summed E-state index contributed by atoms with van der Waals surface area (Å²) in [6.07, 6.45) is 2.40. The Balaban J connectivity index is 1.22. The highest BCUT2D eigenvalue weighted by Gasteiger charge is 2.12. The number of fused-ring (bicyclic) bond motifs is 1. The number of nitrogens with one attached hydrogen (secondary N) is 2. The van der Waals surface area contributed by atoms with Gasteiger partial charge in [-0.05, 0) is 49.7 Å². The molecule has 5 rings (SSSR count). The second kappa shape index (κ2) is 11.1. The highest BCUT2D eigenvalue weighted by Crippen LogP contribution is 2.28. The monoisotopic (exact) mass is 484 g/mol. The number of rotatable bonds is 9. The molecule has 0 aliphatic carbocycles.